The van der Waals surface area contributed by atoms with Crippen molar-refractivity contribution in [1.29, 1.82) is 0 Å². The number of hydrogen-bond donors (Lipinski definition) is 0. The van der Waals surface area contributed by atoms with Crippen LogP contribution in [0.4, 0.5) is 0 Å². The first-order valence-electron chi connectivity index (χ1n) is 16.7. The van der Waals surface area contributed by atoms with E-state index in [0.717, 1.165) is 44.8 Å². The van der Waals surface area contributed by atoms with Gasteiger partial charge in [0.15, 0.2) is 17.5 Å². The van der Waals surface area contributed by atoms with E-state index in [2.05, 4.69) is 111 Å². The second-order valence-corrected chi connectivity index (χ2v) is 13.1. The number of benzene rings is 6. The Balaban J connectivity index is 1.07. The van der Waals surface area contributed by atoms with Crippen LogP contribution in [-0.2, 0) is 5.41 Å². The van der Waals surface area contributed by atoms with Gasteiger partial charge in [-0.2, -0.15) is 0 Å². The van der Waals surface area contributed by atoms with Gasteiger partial charge in [0.05, 0.1) is 11.4 Å². The fourth-order valence-electron chi connectivity index (χ4n) is 7.25. The lowest BCUT2D eigenvalue weighted by molar-refractivity contribution is 0.665. The summed E-state index contributed by atoms with van der Waals surface area (Å²) in [5.74, 6) is 1.96. The highest BCUT2D eigenvalue weighted by molar-refractivity contribution is 6.02. The predicted molar refractivity (Wildman–Crippen MR) is 200 cm³/mol. The molecule has 0 aliphatic heterocycles. The van der Waals surface area contributed by atoms with Crippen molar-refractivity contribution in [1.82, 2.24) is 19.9 Å². The average Bonchev–Trinajstić information content (AvgIpc) is 3.41. The van der Waals surface area contributed by atoms with Crippen molar-refractivity contribution < 1.29 is 0 Å². The van der Waals surface area contributed by atoms with E-state index in [1.807, 2.05) is 60.7 Å². The van der Waals surface area contributed by atoms with Crippen molar-refractivity contribution in [3.8, 4) is 67.8 Å². The standard InChI is InChI=1S/C45H32N4/c1-45(2)38-20-12-11-19-37(38)41-39(45)35-17-9-10-18-36(35)40(46-41)31-25-21-29(22-26-31)30-23-27-34(28-24-30)44-48-42(32-13-5-3-6-14-32)47-43(49-44)33-15-7-4-8-16-33/h3-28H,1-2H3. The van der Waals surface area contributed by atoms with E-state index in [0.29, 0.717) is 17.5 Å². The van der Waals surface area contributed by atoms with Crippen molar-refractivity contribution in [2.75, 3.05) is 0 Å². The lowest BCUT2D eigenvalue weighted by atomic mass is 9.80. The lowest BCUT2D eigenvalue weighted by Crippen LogP contribution is -2.15. The Bertz CT molecular complexity index is 2430. The summed E-state index contributed by atoms with van der Waals surface area (Å²) in [4.78, 5) is 20.0. The smallest absolute Gasteiger partial charge is 0.164 e. The van der Waals surface area contributed by atoms with Crippen LogP contribution in [-0.4, -0.2) is 19.9 Å². The molecule has 8 aromatic rings. The fourth-order valence-corrected chi connectivity index (χ4v) is 7.25. The number of hydrogen-bond acceptors (Lipinski definition) is 4. The number of rotatable bonds is 5. The molecule has 0 atom stereocenters. The molecule has 0 bridgehead atoms. The van der Waals surface area contributed by atoms with Gasteiger partial charge in [0.25, 0.3) is 0 Å². The van der Waals surface area contributed by atoms with Crippen LogP contribution in [0.15, 0.2) is 158 Å². The zero-order chi connectivity index (χ0) is 33.0. The third-order valence-electron chi connectivity index (χ3n) is 9.73. The molecule has 1 aliphatic carbocycles. The zero-order valence-corrected chi connectivity index (χ0v) is 27.3. The van der Waals surface area contributed by atoms with E-state index in [1.54, 1.807) is 0 Å². The fraction of sp³-hybridized carbons (Fsp3) is 0.0667. The molecule has 0 radical (unpaired) electrons. The number of nitrogens with zero attached hydrogens (tertiary/aromatic N) is 4. The minimum absolute atomic E-state index is 0.111. The van der Waals surface area contributed by atoms with E-state index in [9.17, 15) is 0 Å². The molecule has 0 N–H and O–H groups in total. The van der Waals surface area contributed by atoms with E-state index in [-0.39, 0.29) is 5.41 Å². The van der Waals surface area contributed by atoms with Crippen molar-refractivity contribution in [3.63, 3.8) is 0 Å². The largest absolute Gasteiger partial charge is 0.247 e. The minimum Gasteiger partial charge on any atom is -0.247 e. The van der Waals surface area contributed by atoms with Gasteiger partial charge in [-0.05, 0) is 27.6 Å². The van der Waals surface area contributed by atoms with E-state index in [4.69, 9.17) is 19.9 Å². The molecule has 0 saturated heterocycles. The van der Waals surface area contributed by atoms with E-state index >= 15 is 0 Å². The molecular weight excluding hydrogens is 597 g/mol. The highest BCUT2D eigenvalue weighted by Gasteiger charge is 2.38. The molecule has 0 saturated carbocycles. The highest BCUT2D eigenvalue weighted by Crippen LogP contribution is 2.51. The van der Waals surface area contributed by atoms with Gasteiger partial charge in [-0.1, -0.05) is 172 Å². The molecular formula is C45H32N4. The predicted octanol–water partition coefficient (Wildman–Crippen LogP) is 11.1. The van der Waals surface area contributed by atoms with E-state index in [1.165, 1.54) is 27.5 Å². The van der Waals surface area contributed by atoms with Crippen LogP contribution >= 0.6 is 0 Å². The lowest BCUT2D eigenvalue weighted by Gasteiger charge is -2.23. The molecule has 0 unspecified atom stereocenters. The van der Waals surface area contributed by atoms with Crippen molar-refractivity contribution in [2.45, 2.75) is 19.3 Å². The maximum Gasteiger partial charge on any atom is 0.164 e. The summed E-state index contributed by atoms with van der Waals surface area (Å²) >= 11 is 0. The molecule has 4 nitrogen and oxygen atoms in total. The maximum absolute atomic E-state index is 5.38. The molecule has 2 heterocycles. The Hall–Kier alpha value is -6.26. The van der Waals surface area contributed by atoms with Gasteiger partial charge in [0, 0.05) is 38.6 Å². The normalized spacial score (nSPS) is 12.9. The second-order valence-electron chi connectivity index (χ2n) is 13.1. The van der Waals surface area contributed by atoms with Crippen molar-refractivity contribution in [2.24, 2.45) is 0 Å². The first kappa shape index (κ1) is 28.9. The maximum atomic E-state index is 5.38. The van der Waals surface area contributed by atoms with E-state index < -0.39 is 0 Å². The summed E-state index contributed by atoms with van der Waals surface area (Å²) < 4.78 is 0. The minimum atomic E-state index is -0.111. The van der Waals surface area contributed by atoms with Crippen molar-refractivity contribution in [3.05, 3.63) is 169 Å². The summed E-state index contributed by atoms with van der Waals surface area (Å²) in [5.41, 5.74) is 12.1. The second kappa shape index (κ2) is 11.5. The van der Waals surface area contributed by atoms with Gasteiger partial charge in [-0.3, -0.25) is 0 Å². The van der Waals surface area contributed by atoms with Crippen LogP contribution < -0.4 is 0 Å². The third kappa shape index (κ3) is 4.92. The monoisotopic (exact) mass is 628 g/mol. The van der Waals surface area contributed by atoms with Gasteiger partial charge in [-0.15, -0.1) is 0 Å². The summed E-state index contributed by atoms with van der Waals surface area (Å²) in [7, 11) is 0. The average molecular weight is 629 g/mol. The first-order valence-corrected chi connectivity index (χ1v) is 16.7. The Morgan fingerprint density at radius 3 is 1.35 bits per heavy atom. The molecule has 0 spiro atoms. The van der Waals surface area contributed by atoms with Gasteiger partial charge in [0.1, 0.15) is 0 Å². The first-order chi connectivity index (χ1) is 24.0. The molecule has 0 amide bonds. The molecule has 0 fully saturated rings. The van der Waals surface area contributed by atoms with Crippen molar-refractivity contribution >= 4 is 10.8 Å². The van der Waals surface area contributed by atoms with Crippen LogP contribution in [0.5, 0.6) is 0 Å². The molecule has 1 aliphatic rings. The molecule has 4 heteroatoms. The summed E-state index contributed by atoms with van der Waals surface area (Å²) in [6.07, 6.45) is 0. The van der Waals surface area contributed by atoms with Gasteiger partial charge in [-0.25, -0.2) is 19.9 Å². The highest BCUT2D eigenvalue weighted by atomic mass is 15.0. The molecule has 9 rings (SSSR count). The number of pyridine rings is 1. The summed E-state index contributed by atoms with van der Waals surface area (Å²) in [6.45, 7) is 4.63. The van der Waals surface area contributed by atoms with Gasteiger partial charge >= 0.3 is 0 Å². The third-order valence-corrected chi connectivity index (χ3v) is 9.73. The van der Waals surface area contributed by atoms with Gasteiger partial charge in [0.2, 0.25) is 0 Å². The zero-order valence-electron chi connectivity index (χ0n) is 27.3. The molecule has 6 aromatic carbocycles. The topological polar surface area (TPSA) is 51.6 Å². The molecule has 49 heavy (non-hydrogen) atoms. The molecule has 232 valence electrons. The number of aromatic nitrogens is 4. The summed E-state index contributed by atoms with van der Waals surface area (Å²) in [5, 5.41) is 2.45. The van der Waals surface area contributed by atoms with Crippen LogP contribution in [0.3, 0.4) is 0 Å². The molecule has 2 aromatic heterocycles. The Morgan fingerprint density at radius 1 is 0.347 bits per heavy atom. The Labute approximate surface area is 285 Å². The van der Waals surface area contributed by atoms with Crippen LogP contribution in [0, 0.1) is 0 Å². The van der Waals surface area contributed by atoms with Gasteiger partial charge < -0.3 is 0 Å². The van der Waals surface area contributed by atoms with Crippen LogP contribution in [0.2, 0.25) is 0 Å². The SMILES string of the molecule is CC1(C)c2ccccc2-c2nc(-c3ccc(-c4ccc(-c5nc(-c6ccccc6)nc(-c6ccccc6)n5)cc4)cc3)c3ccccc3c21. The van der Waals surface area contributed by atoms with Crippen LogP contribution in [0.25, 0.3) is 78.6 Å². The Kier molecular flexibility index (Phi) is 6.77. The van der Waals surface area contributed by atoms with Crippen LogP contribution in [0.1, 0.15) is 25.0 Å². The number of fused-ring (bicyclic) bond motifs is 5. The quantitative estimate of drug-likeness (QED) is 0.190. The Morgan fingerprint density at radius 2 is 0.776 bits per heavy atom. The summed E-state index contributed by atoms with van der Waals surface area (Å²) in [6, 6.07) is 54.8.